The molecule has 0 spiro atoms. The lowest BCUT2D eigenvalue weighted by Gasteiger charge is -2.24. The van der Waals surface area contributed by atoms with Gasteiger partial charge in [0, 0.05) is 54.3 Å². The Bertz CT molecular complexity index is 1410. The van der Waals surface area contributed by atoms with Crippen LogP contribution < -0.4 is 15.4 Å². The number of hydrogen-bond acceptors (Lipinski definition) is 6. The van der Waals surface area contributed by atoms with Crippen LogP contribution in [-0.2, 0) is 0 Å². The fourth-order valence-corrected chi connectivity index (χ4v) is 4.42. The van der Waals surface area contributed by atoms with Crippen LogP contribution in [0.15, 0.2) is 68.4 Å². The summed E-state index contributed by atoms with van der Waals surface area (Å²) in [7, 11) is 0. The Hall–Kier alpha value is -3.80. The van der Waals surface area contributed by atoms with Gasteiger partial charge in [0.1, 0.15) is 16.7 Å². The fourth-order valence-electron chi connectivity index (χ4n) is 4.42. The van der Waals surface area contributed by atoms with Crippen LogP contribution in [-0.4, -0.2) is 32.0 Å². The topological polar surface area (TPSA) is 66.9 Å². The zero-order chi connectivity index (χ0) is 24.2. The third-order valence-electron chi connectivity index (χ3n) is 6.24. The van der Waals surface area contributed by atoms with Crippen LogP contribution in [0.4, 0.5) is 11.4 Å². The predicted octanol–water partition coefficient (Wildman–Crippen LogP) is 6.13. The summed E-state index contributed by atoms with van der Waals surface area (Å²) in [5.74, 6) is -0.393. The van der Waals surface area contributed by atoms with Crippen LogP contribution in [0.2, 0.25) is 0 Å². The van der Waals surface area contributed by atoms with Crippen LogP contribution in [0, 0.1) is 0 Å². The van der Waals surface area contributed by atoms with E-state index in [1.165, 1.54) is 6.08 Å². The number of fused-ring (bicyclic) bond motifs is 2. The first-order valence-corrected chi connectivity index (χ1v) is 11.8. The monoisotopic (exact) mass is 458 g/mol. The van der Waals surface area contributed by atoms with Gasteiger partial charge >= 0.3 is 5.63 Å². The SMILES string of the molecule is CCN(CC)c1ccc2c(C=CC(=O)c3c(N(CC)CC)c4ccccc4oc3=O)coc2c1. The number of hydrogen-bond donors (Lipinski definition) is 0. The largest absolute Gasteiger partial charge is 0.464 e. The van der Waals surface area contributed by atoms with Crippen LogP contribution in [0.3, 0.4) is 0 Å². The molecule has 0 saturated heterocycles. The summed E-state index contributed by atoms with van der Waals surface area (Å²) >= 11 is 0. The number of carbonyl (C=O) groups is 1. The molecule has 176 valence electrons. The van der Waals surface area contributed by atoms with E-state index in [1.807, 2.05) is 49.1 Å². The van der Waals surface area contributed by atoms with E-state index in [0.29, 0.717) is 24.4 Å². The molecular formula is C28H30N2O4. The fraction of sp³-hybridized carbons (Fsp3) is 0.286. The van der Waals surface area contributed by atoms with Crippen molar-refractivity contribution in [3.05, 3.63) is 76.4 Å². The summed E-state index contributed by atoms with van der Waals surface area (Å²) in [5, 5.41) is 1.66. The first kappa shape index (κ1) is 23.4. The lowest BCUT2D eigenvalue weighted by Crippen LogP contribution is -2.27. The summed E-state index contributed by atoms with van der Waals surface area (Å²) in [6.45, 7) is 11.4. The Morgan fingerprint density at radius 2 is 1.59 bits per heavy atom. The third-order valence-corrected chi connectivity index (χ3v) is 6.24. The maximum absolute atomic E-state index is 13.3. The van der Waals surface area contributed by atoms with E-state index in [-0.39, 0.29) is 5.56 Å². The van der Waals surface area contributed by atoms with E-state index in [4.69, 9.17) is 8.83 Å². The second-order valence-electron chi connectivity index (χ2n) is 8.02. The van der Waals surface area contributed by atoms with Gasteiger partial charge in [0.25, 0.3) is 0 Å². The second kappa shape index (κ2) is 10.00. The minimum Gasteiger partial charge on any atom is -0.464 e. The number of anilines is 2. The van der Waals surface area contributed by atoms with Gasteiger partial charge in [-0.3, -0.25) is 4.79 Å². The number of furan rings is 1. The number of rotatable bonds is 9. The molecule has 0 radical (unpaired) electrons. The van der Waals surface area contributed by atoms with Gasteiger partial charge < -0.3 is 18.6 Å². The van der Waals surface area contributed by atoms with Crippen molar-refractivity contribution in [1.29, 1.82) is 0 Å². The van der Waals surface area contributed by atoms with Crippen LogP contribution in [0.1, 0.15) is 43.6 Å². The number of ketones is 1. The maximum atomic E-state index is 13.3. The Morgan fingerprint density at radius 1 is 0.882 bits per heavy atom. The molecule has 0 atom stereocenters. The molecule has 6 heteroatoms. The van der Waals surface area contributed by atoms with Crippen LogP contribution in [0.25, 0.3) is 28.0 Å². The molecule has 0 N–H and O–H groups in total. The lowest BCUT2D eigenvalue weighted by molar-refractivity contribution is 0.104. The molecule has 0 aliphatic heterocycles. The summed E-state index contributed by atoms with van der Waals surface area (Å²) in [6, 6.07) is 13.4. The minimum atomic E-state index is -0.629. The van der Waals surface area contributed by atoms with Gasteiger partial charge in [-0.05, 0) is 64.1 Å². The van der Waals surface area contributed by atoms with Gasteiger partial charge in [-0.25, -0.2) is 4.79 Å². The van der Waals surface area contributed by atoms with Crippen molar-refractivity contribution in [1.82, 2.24) is 0 Å². The molecule has 0 aliphatic rings. The molecule has 4 rings (SSSR count). The van der Waals surface area contributed by atoms with Crippen LogP contribution in [0.5, 0.6) is 0 Å². The highest BCUT2D eigenvalue weighted by molar-refractivity contribution is 6.14. The van der Waals surface area contributed by atoms with E-state index in [2.05, 4.69) is 24.8 Å². The van der Waals surface area contributed by atoms with Gasteiger partial charge in [-0.15, -0.1) is 0 Å². The Balaban J connectivity index is 1.74. The van der Waals surface area contributed by atoms with E-state index in [1.54, 1.807) is 18.4 Å². The Morgan fingerprint density at radius 3 is 2.29 bits per heavy atom. The van der Waals surface area contributed by atoms with Crippen molar-refractivity contribution in [2.75, 3.05) is 36.0 Å². The Labute approximate surface area is 199 Å². The van der Waals surface area contributed by atoms with E-state index < -0.39 is 11.4 Å². The van der Waals surface area contributed by atoms with Crippen molar-refractivity contribution in [3.8, 4) is 0 Å². The highest BCUT2D eigenvalue weighted by Crippen LogP contribution is 2.30. The summed E-state index contributed by atoms with van der Waals surface area (Å²) in [4.78, 5) is 30.5. The number of carbonyl (C=O) groups excluding carboxylic acids is 1. The Kier molecular flexibility index (Phi) is 6.87. The summed E-state index contributed by atoms with van der Waals surface area (Å²) in [6.07, 6.45) is 4.76. The van der Waals surface area contributed by atoms with E-state index >= 15 is 0 Å². The first-order chi connectivity index (χ1) is 16.5. The average molecular weight is 459 g/mol. The molecule has 4 aromatic rings. The van der Waals surface area contributed by atoms with Gasteiger partial charge in [-0.1, -0.05) is 12.1 Å². The van der Waals surface area contributed by atoms with Crippen LogP contribution >= 0.6 is 0 Å². The quantitative estimate of drug-likeness (QED) is 0.171. The highest BCUT2D eigenvalue weighted by Gasteiger charge is 2.22. The molecule has 0 saturated carbocycles. The molecule has 2 aromatic carbocycles. The lowest BCUT2D eigenvalue weighted by atomic mass is 10.0. The third kappa shape index (κ3) is 4.23. The molecule has 34 heavy (non-hydrogen) atoms. The van der Waals surface area contributed by atoms with Crippen molar-refractivity contribution in [3.63, 3.8) is 0 Å². The second-order valence-corrected chi connectivity index (χ2v) is 8.02. The highest BCUT2D eigenvalue weighted by atomic mass is 16.4. The number of nitrogens with zero attached hydrogens (tertiary/aromatic N) is 2. The molecular weight excluding hydrogens is 428 g/mol. The molecule has 0 bridgehead atoms. The number of benzene rings is 2. The van der Waals surface area contributed by atoms with E-state index in [9.17, 15) is 9.59 Å². The van der Waals surface area contributed by atoms with Gasteiger partial charge in [0.05, 0.1) is 12.0 Å². The van der Waals surface area contributed by atoms with Gasteiger partial charge in [0.15, 0.2) is 5.78 Å². The standard InChI is InChI=1S/C28H30N2O4/c1-5-29(6-2)20-14-15-21-19(18-33-25(21)17-20)13-16-23(31)26-27(30(7-3)8-4)22-11-9-10-12-24(22)34-28(26)32/h9-18H,5-8H2,1-4H3. The molecule has 2 aromatic heterocycles. The van der Waals surface area contributed by atoms with Crippen molar-refractivity contribution in [2.45, 2.75) is 27.7 Å². The maximum Gasteiger partial charge on any atom is 0.349 e. The van der Waals surface area contributed by atoms with Gasteiger partial charge in [-0.2, -0.15) is 0 Å². The molecule has 0 amide bonds. The summed E-state index contributed by atoms with van der Waals surface area (Å²) < 4.78 is 11.3. The van der Waals surface area contributed by atoms with E-state index in [0.717, 1.165) is 40.7 Å². The zero-order valence-electron chi connectivity index (χ0n) is 20.1. The normalized spacial score (nSPS) is 11.5. The molecule has 2 heterocycles. The number of allylic oxidation sites excluding steroid dienone is 1. The minimum absolute atomic E-state index is 0.0512. The van der Waals surface area contributed by atoms with Crippen molar-refractivity contribution < 1.29 is 13.6 Å². The molecule has 0 aliphatic carbocycles. The smallest absolute Gasteiger partial charge is 0.349 e. The molecule has 0 fully saturated rings. The predicted molar refractivity (Wildman–Crippen MR) is 139 cm³/mol. The van der Waals surface area contributed by atoms with Gasteiger partial charge in [0.2, 0.25) is 0 Å². The first-order valence-electron chi connectivity index (χ1n) is 11.8. The van der Waals surface area contributed by atoms with Crippen molar-refractivity contribution >= 4 is 45.2 Å². The number of para-hydroxylation sites is 1. The summed E-state index contributed by atoms with van der Waals surface area (Å²) in [5.41, 5.74) is 3.14. The average Bonchev–Trinajstić information content (AvgIpc) is 3.26. The zero-order valence-corrected chi connectivity index (χ0v) is 20.1. The molecule has 6 nitrogen and oxygen atoms in total. The molecule has 0 unspecified atom stereocenters. The van der Waals surface area contributed by atoms with Crippen molar-refractivity contribution in [2.24, 2.45) is 0 Å².